The molecule has 0 unspecified atom stereocenters. The van der Waals surface area contributed by atoms with Crippen molar-refractivity contribution < 1.29 is 61.8 Å². The molecule has 0 amide bonds. The fourth-order valence-electron chi connectivity index (χ4n) is 0. The number of rotatable bonds is 2. The largest absolute Gasteiger partial charge is 2.00 e. The first-order valence-corrected chi connectivity index (χ1v) is 3.31. The van der Waals surface area contributed by atoms with Gasteiger partial charge in [0.2, 0.25) is 0 Å². The summed E-state index contributed by atoms with van der Waals surface area (Å²) in [5, 5.41) is 25.0. The topological polar surface area (TPSA) is 190 Å². The van der Waals surface area contributed by atoms with Crippen LogP contribution in [0.1, 0.15) is 0 Å². The number of hydrogen-bond acceptors (Lipinski definition) is 4. The Hall–Kier alpha value is -0.200. The second-order valence-electron chi connectivity index (χ2n) is 1.000. The van der Waals surface area contributed by atoms with Gasteiger partial charge in [-0.15, -0.1) is 0 Å². The van der Waals surface area contributed by atoms with E-state index in [9.17, 15) is 0 Å². The molecule has 0 aliphatic heterocycles. The summed E-state index contributed by atoms with van der Waals surface area (Å²) in [4.78, 5) is 0. The molecule has 0 heterocycles. The molecule has 11 heteroatoms. The van der Waals surface area contributed by atoms with Crippen molar-refractivity contribution >= 4 is 0 Å². The Morgan fingerprint density at radius 3 is 0.526 bits per heavy atom. The van der Waals surface area contributed by atoms with Crippen LogP contribution in [0.15, 0.2) is 0 Å². The third-order valence-electron chi connectivity index (χ3n) is 0.250. The summed E-state index contributed by atoms with van der Waals surface area (Å²) in [5.74, 6) is 0. The smallest absolute Gasteiger partial charge is 0.679 e. The molecule has 0 saturated carbocycles. The van der Waals surface area contributed by atoms with Crippen LogP contribution in [-0.4, -0.2) is 26.2 Å². The van der Waals surface area contributed by atoms with E-state index in [-0.39, 0.29) is 88.0 Å². The molecule has 0 aromatic rings. The third kappa shape index (κ3) is 1370. The van der Waals surface area contributed by atoms with Crippen LogP contribution in [-0.2, 0) is 61.8 Å². The maximum Gasteiger partial charge on any atom is 2.00 e. The molecule has 1 radical (unpaired) electrons. The normalized spacial score (nSPS) is 3.58. The minimum atomic E-state index is 0. The first-order valence-electron chi connectivity index (χ1n) is 3.31. The Morgan fingerprint density at radius 2 is 0.526 bits per heavy atom. The van der Waals surface area contributed by atoms with E-state index in [2.05, 4.69) is 0 Å². The standard InChI is InChI=1S/2C2H6N2.4CN.2Ag.Cu/c2*3-1-2-4;4*1-2;;;/h2*3-4H,1-2H2;;;;;;;/q2*-2;4*-1;2*+1;+2. The molecule has 0 aromatic heterocycles. The van der Waals surface area contributed by atoms with Crippen LogP contribution in [0.3, 0.4) is 0 Å². The molecule has 0 fully saturated rings. The maximum atomic E-state index is 6.26. The van der Waals surface area contributed by atoms with E-state index in [4.69, 9.17) is 70.3 Å². The Kier molecular flexibility index (Phi) is 1140. The van der Waals surface area contributed by atoms with Crippen LogP contribution in [0, 0.1) is 47.3 Å². The van der Waals surface area contributed by atoms with E-state index >= 15 is 0 Å². The molecule has 0 aliphatic rings. The Morgan fingerprint density at radius 1 is 0.474 bits per heavy atom. The molecular formula is C8H12Ag2CuN8-4. The number of hydrogen-bond donors (Lipinski definition) is 0. The zero-order chi connectivity index (χ0) is 14.8. The fraction of sp³-hybridized carbons (Fsp3) is 0.500. The quantitative estimate of drug-likeness (QED) is 0.417. The van der Waals surface area contributed by atoms with E-state index in [1.807, 2.05) is 0 Å². The molecule has 0 atom stereocenters. The van der Waals surface area contributed by atoms with Gasteiger partial charge in [0.05, 0.1) is 0 Å². The summed E-state index contributed by atoms with van der Waals surface area (Å²) < 4.78 is 0. The zero-order valence-electron chi connectivity index (χ0n) is 9.52. The van der Waals surface area contributed by atoms with Gasteiger partial charge in [-0.3, -0.25) is 0 Å². The van der Waals surface area contributed by atoms with Crippen molar-refractivity contribution in [2.24, 2.45) is 0 Å². The van der Waals surface area contributed by atoms with Crippen molar-refractivity contribution in [3.05, 3.63) is 49.2 Å². The van der Waals surface area contributed by atoms with Crippen LogP contribution in [0.4, 0.5) is 0 Å². The van der Waals surface area contributed by atoms with Crippen molar-refractivity contribution in [1.82, 2.24) is 0 Å². The molecule has 0 bridgehead atoms. The molecule has 8 nitrogen and oxygen atoms in total. The molecule has 0 saturated heterocycles. The molecule has 121 valence electrons. The predicted molar refractivity (Wildman–Crippen MR) is 56.6 cm³/mol. The monoisotopic (exact) mass is 497 g/mol. The minimum Gasteiger partial charge on any atom is -0.679 e. The van der Waals surface area contributed by atoms with Crippen LogP contribution in [0.25, 0.3) is 22.9 Å². The Labute approximate surface area is 157 Å². The second-order valence-corrected chi connectivity index (χ2v) is 1.000. The number of nitrogens with zero attached hydrogens (tertiary/aromatic N) is 4. The Balaban J connectivity index is -0.00000000908. The van der Waals surface area contributed by atoms with Crippen molar-refractivity contribution in [2.75, 3.05) is 26.2 Å². The van der Waals surface area contributed by atoms with Gasteiger partial charge >= 0.3 is 61.8 Å². The van der Waals surface area contributed by atoms with Crippen LogP contribution < -0.4 is 0 Å². The van der Waals surface area contributed by atoms with Gasteiger partial charge in [-0.05, 0) is 0 Å². The van der Waals surface area contributed by atoms with Gasteiger partial charge in [-0.1, -0.05) is 0 Å². The maximum absolute atomic E-state index is 6.26. The van der Waals surface area contributed by atoms with Crippen LogP contribution in [0.2, 0.25) is 0 Å². The molecule has 0 spiro atoms. The first-order chi connectivity index (χ1) is 7.83. The van der Waals surface area contributed by atoms with Gasteiger partial charge in [0.25, 0.3) is 0 Å². The number of nitrogens with one attached hydrogen (secondary N) is 4. The molecular weight excluding hydrogens is 487 g/mol. The molecule has 19 heavy (non-hydrogen) atoms. The summed E-state index contributed by atoms with van der Waals surface area (Å²) in [7, 11) is 0. The third-order valence-corrected chi connectivity index (χ3v) is 0.250. The van der Waals surface area contributed by atoms with Crippen LogP contribution >= 0.6 is 0 Å². The summed E-state index contributed by atoms with van der Waals surface area (Å²) in [5.41, 5.74) is 25.1. The summed E-state index contributed by atoms with van der Waals surface area (Å²) in [6.45, 7) is 19.9. The van der Waals surface area contributed by atoms with E-state index in [1.54, 1.807) is 0 Å². The zero-order valence-corrected chi connectivity index (χ0v) is 13.4. The van der Waals surface area contributed by atoms with Gasteiger partial charge in [0.15, 0.2) is 0 Å². The average molecular weight is 500 g/mol. The SMILES string of the molecule is [Ag+].[Ag+].[C-]#N.[C-]#N.[C-]#N.[C-]#N.[Cu+2].[NH-]CC[NH-].[NH-]CC[NH-]. The molecule has 0 aliphatic carbocycles. The summed E-state index contributed by atoms with van der Waals surface area (Å²) >= 11 is 0. The van der Waals surface area contributed by atoms with Gasteiger partial charge in [0.1, 0.15) is 0 Å². The summed E-state index contributed by atoms with van der Waals surface area (Å²) in [6.07, 6.45) is 0. The predicted octanol–water partition coefficient (Wildman–Crippen LogP) is 2.56. The summed E-state index contributed by atoms with van der Waals surface area (Å²) in [6, 6.07) is 0. The van der Waals surface area contributed by atoms with E-state index in [0.29, 0.717) is 0 Å². The van der Waals surface area contributed by atoms with Crippen molar-refractivity contribution in [3.63, 3.8) is 0 Å². The molecule has 4 N–H and O–H groups in total. The fourth-order valence-corrected chi connectivity index (χ4v) is 0. The Bertz CT molecular complexity index is 108. The first kappa shape index (κ1) is 62.0. The van der Waals surface area contributed by atoms with Gasteiger partial charge < -0.3 is 70.3 Å². The van der Waals surface area contributed by atoms with E-state index in [0.717, 1.165) is 0 Å². The van der Waals surface area contributed by atoms with Gasteiger partial charge in [-0.25, -0.2) is 0 Å². The van der Waals surface area contributed by atoms with Crippen molar-refractivity contribution in [2.45, 2.75) is 0 Å². The molecule has 0 aromatic carbocycles. The van der Waals surface area contributed by atoms with E-state index < -0.39 is 0 Å². The second kappa shape index (κ2) is 348. The van der Waals surface area contributed by atoms with Crippen molar-refractivity contribution in [3.8, 4) is 0 Å². The van der Waals surface area contributed by atoms with Gasteiger partial charge in [0, 0.05) is 0 Å². The van der Waals surface area contributed by atoms with Crippen LogP contribution in [0.5, 0.6) is 0 Å². The van der Waals surface area contributed by atoms with Crippen molar-refractivity contribution in [1.29, 1.82) is 21.0 Å². The van der Waals surface area contributed by atoms with E-state index in [1.165, 1.54) is 0 Å². The van der Waals surface area contributed by atoms with Gasteiger partial charge in [-0.2, -0.15) is 26.2 Å². The minimum absolute atomic E-state index is 0. The molecule has 0 rings (SSSR count). The average Bonchev–Trinajstić information content (AvgIpc) is 2.47.